The first-order valence-corrected chi connectivity index (χ1v) is 6.43. The van der Waals surface area contributed by atoms with E-state index < -0.39 is 5.97 Å². The number of carbonyl (C=O) groups excluding carboxylic acids is 1. The molecule has 0 spiro atoms. The van der Waals surface area contributed by atoms with Crippen LogP contribution in [0.25, 0.3) is 0 Å². The monoisotopic (exact) mass is 231 g/mol. The summed E-state index contributed by atoms with van der Waals surface area (Å²) in [6.07, 6.45) is 2.55. The highest BCUT2D eigenvalue weighted by Gasteiger charge is 2.31. The van der Waals surface area contributed by atoms with Gasteiger partial charge in [-0.2, -0.15) is 11.8 Å². The van der Waals surface area contributed by atoms with E-state index in [1.165, 1.54) is 11.8 Å². The highest BCUT2D eigenvalue weighted by atomic mass is 32.2. The summed E-state index contributed by atoms with van der Waals surface area (Å²) in [5, 5.41) is 8.94. The van der Waals surface area contributed by atoms with E-state index in [4.69, 9.17) is 5.11 Å². The predicted molar refractivity (Wildman–Crippen MR) is 59.9 cm³/mol. The van der Waals surface area contributed by atoms with Crippen molar-refractivity contribution in [2.45, 2.75) is 13.3 Å². The first kappa shape index (κ1) is 12.4. The summed E-state index contributed by atoms with van der Waals surface area (Å²) < 4.78 is 0. The third-order valence-electron chi connectivity index (χ3n) is 2.63. The number of hydrogen-bond acceptors (Lipinski definition) is 3. The van der Waals surface area contributed by atoms with Gasteiger partial charge >= 0.3 is 5.97 Å². The summed E-state index contributed by atoms with van der Waals surface area (Å²) in [6, 6.07) is 0. The molecule has 0 aromatic carbocycles. The Morgan fingerprint density at radius 1 is 1.47 bits per heavy atom. The molecule has 2 atom stereocenters. The molecule has 0 aromatic heterocycles. The number of nitrogens with zero attached hydrogens (tertiary/aromatic N) is 1. The molecule has 1 amide bonds. The first-order chi connectivity index (χ1) is 7.04. The van der Waals surface area contributed by atoms with Crippen LogP contribution >= 0.6 is 11.8 Å². The van der Waals surface area contributed by atoms with Crippen molar-refractivity contribution in [1.29, 1.82) is 0 Å². The van der Waals surface area contributed by atoms with E-state index in [1.807, 2.05) is 13.2 Å². The number of hydrogen-bond donors (Lipinski definition) is 1. The van der Waals surface area contributed by atoms with Crippen molar-refractivity contribution >= 4 is 23.6 Å². The molecule has 1 rings (SSSR count). The number of piperidine rings is 1. The number of carbonyl (C=O) groups is 2. The van der Waals surface area contributed by atoms with Crippen molar-refractivity contribution in [3.63, 3.8) is 0 Å². The molecule has 1 fully saturated rings. The Bertz CT molecular complexity index is 257. The molecule has 0 saturated carbocycles. The predicted octanol–water partition coefficient (Wildman–Crippen LogP) is 0.919. The average molecular weight is 231 g/mol. The zero-order valence-corrected chi connectivity index (χ0v) is 9.92. The molecule has 1 aliphatic heterocycles. The molecule has 0 bridgehead atoms. The van der Waals surface area contributed by atoms with Crippen LogP contribution in [-0.2, 0) is 9.59 Å². The van der Waals surface area contributed by atoms with Crippen LogP contribution in [0.5, 0.6) is 0 Å². The fourth-order valence-corrected chi connectivity index (χ4v) is 2.38. The van der Waals surface area contributed by atoms with Crippen LogP contribution in [0.2, 0.25) is 0 Å². The van der Waals surface area contributed by atoms with Crippen LogP contribution in [0.1, 0.15) is 13.3 Å². The van der Waals surface area contributed by atoms with Gasteiger partial charge in [-0.05, 0) is 18.6 Å². The molecular weight excluding hydrogens is 214 g/mol. The Balaban J connectivity index is 2.58. The van der Waals surface area contributed by atoms with Crippen molar-refractivity contribution in [3.05, 3.63) is 0 Å². The second kappa shape index (κ2) is 5.39. The number of carboxylic acids is 1. The van der Waals surface area contributed by atoms with Gasteiger partial charge in [0.25, 0.3) is 0 Å². The van der Waals surface area contributed by atoms with Crippen molar-refractivity contribution < 1.29 is 14.7 Å². The van der Waals surface area contributed by atoms with Gasteiger partial charge in [0.15, 0.2) is 0 Å². The maximum Gasteiger partial charge on any atom is 0.308 e. The van der Waals surface area contributed by atoms with Crippen LogP contribution in [0.3, 0.4) is 0 Å². The van der Waals surface area contributed by atoms with Gasteiger partial charge in [0.05, 0.1) is 11.7 Å². The molecule has 86 valence electrons. The van der Waals surface area contributed by atoms with E-state index in [1.54, 1.807) is 4.90 Å². The molecule has 1 aliphatic rings. The van der Waals surface area contributed by atoms with Crippen molar-refractivity contribution in [2.24, 2.45) is 11.8 Å². The highest BCUT2D eigenvalue weighted by Crippen LogP contribution is 2.22. The summed E-state index contributed by atoms with van der Waals surface area (Å²) in [7, 11) is 0. The minimum Gasteiger partial charge on any atom is -0.481 e. The zero-order chi connectivity index (χ0) is 11.4. The summed E-state index contributed by atoms with van der Waals surface area (Å²) in [5.74, 6) is -0.395. The smallest absolute Gasteiger partial charge is 0.308 e. The lowest BCUT2D eigenvalue weighted by atomic mass is 9.90. The fourth-order valence-electron chi connectivity index (χ4n) is 1.95. The van der Waals surface area contributed by atoms with Crippen LogP contribution in [-0.4, -0.2) is 47.0 Å². The van der Waals surface area contributed by atoms with Gasteiger partial charge < -0.3 is 10.0 Å². The molecule has 2 unspecified atom stereocenters. The second-order valence-corrected chi connectivity index (χ2v) is 4.97. The zero-order valence-electron chi connectivity index (χ0n) is 9.10. The number of amides is 1. The Hall–Kier alpha value is -0.710. The number of likely N-dealkylation sites (tertiary alicyclic amines) is 1. The molecule has 5 heteroatoms. The van der Waals surface area contributed by atoms with Crippen molar-refractivity contribution in [1.82, 2.24) is 4.90 Å². The topological polar surface area (TPSA) is 57.6 Å². The number of aliphatic carboxylic acids is 1. The molecule has 0 aliphatic carbocycles. The minimum absolute atomic E-state index is 0.0558. The van der Waals surface area contributed by atoms with Gasteiger partial charge in [0, 0.05) is 13.1 Å². The normalized spacial score (nSPS) is 26.4. The first-order valence-electron chi connectivity index (χ1n) is 5.04. The van der Waals surface area contributed by atoms with Gasteiger partial charge in [0.1, 0.15) is 0 Å². The van der Waals surface area contributed by atoms with E-state index >= 15 is 0 Å². The number of carboxylic acid groups (broad SMARTS) is 1. The largest absolute Gasteiger partial charge is 0.481 e. The van der Waals surface area contributed by atoms with Gasteiger partial charge in [-0.3, -0.25) is 9.59 Å². The van der Waals surface area contributed by atoms with Gasteiger partial charge in [0.2, 0.25) is 5.91 Å². The molecular formula is C10H17NO3S. The molecule has 0 aromatic rings. The quantitative estimate of drug-likeness (QED) is 0.784. The Labute approximate surface area is 94.0 Å². The maximum absolute atomic E-state index is 11.6. The van der Waals surface area contributed by atoms with Gasteiger partial charge in [-0.15, -0.1) is 0 Å². The molecule has 1 N–H and O–H groups in total. The summed E-state index contributed by atoms with van der Waals surface area (Å²) >= 11 is 1.48. The van der Waals surface area contributed by atoms with E-state index in [0.717, 1.165) is 0 Å². The van der Waals surface area contributed by atoms with E-state index in [9.17, 15) is 9.59 Å². The summed E-state index contributed by atoms with van der Waals surface area (Å²) in [5.41, 5.74) is 0. The number of thioether (sulfide) groups is 1. The van der Waals surface area contributed by atoms with Crippen molar-refractivity contribution in [3.8, 4) is 0 Å². The third kappa shape index (κ3) is 3.41. The lowest BCUT2D eigenvalue weighted by molar-refractivity contribution is -0.146. The lowest BCUT2D eigenvalue weighted by Crippen LogP contribution is -2.46. The molecule has 0 radical (unpaired) electrons. The van der Waals surface area contributed by atoms with Gasteiger partial charge in [-0.25, -0.2) is 0 Å². The average Bonchev–Trinajstić information content (AvgIpc) is 2.17. The van der Waals surface area contributed by atoms with Crippen LogP contribution in [0, 0.1) is 11.8 Å². The number of rotatable bonds is 3. The van der Waals surface area contributed by atoms with Crippen LogP contribution < -0.4 is 0 Å². The molecule has 15 heavy (non-hydrogen) atoms. The fraction of sp³-hybridized carbons (Fsp3) is 0.800. The van der Waals surface area contributed by atoms with Crippen molar-refractivity contribution in [2.75, 3.05) is 25.1 Å². The second-order valence-electron chi connectivity index (χ2n) is 4.11. The van der Waals surface area contributed by atoms with Gasteiger partial charge in [-0.1, -0.05) is 6.92 Å². The SMILES string of the molecule is CSCC(=O)N1CC(C)CC(C(=O)O)C1. The summed E-state index contributed by atoms with van der Waals surface area (Å²) in [6.45, 7) is 3.07. The third-order valence-corrected chi connectivity index (χ3v) is 3.17. The van der Waals surface area contributed by atoms with E-state index in [0.29, 0.717) is 25.3 Å². The minimum atomic E-state index is -0.788. The van der Waals surface area contributed by atoms with E-state index in [-0.39, 0.29) is 17.7 Å². The molecule has 4 nitrogen and oxygen atoms in total. The molecule has 1 heterocycles. The van der Waals surface area contributed by atoms with Crippen LogP contribution in [0.15, 0.2) is 0 Å². The van der Waals surface area contributed by atoms with E-state index in [2.05, 4.69) is 0 Å². The Morgan fingerprint density at radius 2 is 2.13 bits per heavy atom. The summed E-state index contributed by atoms with van der Waals surface area (Å²) in [4.78, 5) is 24.2. The maximum atomic E-state index is 11.6. The molecule has 1 saturated heterocycles. The Kier molecular flexibility index (Phi) is 4.45. The van der Waals surface area contributed by atoms with Crippen LogP contribution in [0.4, 0.5) is 0 Å². The highest BCUT2D eigenvalue weighted by molar-refractivity contribution is 7.99. The Morgan fingerprint density at radius 3 is 2.67 bits per heavy atom. The standard InChI is InChI=1S/C10H17NO3S/c1-7-3-8(10(13)14)5-11(4-7)9(12)6-15-2/h7-8H,3-6H2,1-2H3,(H,13,14). The lowest BCUT2D eigenvalue weighted by Gasteiger charge is -2.34.